The zero-order chi connectivity index (χ0) is 17.4. The van der Waals surface area contributed by atoms with Gasteiger partial charge in [0, 0.05) is 36.8 Å². The Kier molecular flexibility index (Phi) is 4.21. The molecule has 6 heteroatoms. The lowest BCUT2D eigenvalue weighted by molar-refractivity contribution is 0.545. The minimum atomic E-state index is 0.342. The molecular weight excluding hydrogens is 330 g/mol. The molecule has 128 valence electrons. The highest BCUT2D eigenvalue weighted by Crippen LogP contribution is 2.39. The first-order valence-corrected chi connectivity index (χ1v) is 9.38. The Hall–Kier alpha value is -2.34. The SMILES string of the molecule is Cc1cc(N(C)[C@@H]2CCCc3nc(C)sc32)nc(-c2ccncc2)n1. The zero-order valence-corrected chi connectivity index (χ0v) is 15.5. The van der Waals surface area contributed by atoms with Gasteiger partial charge in [-0.05, 0) is 45.2 Å². The van der Waals surface area contributed by atoms with Crippen LogP contribution >= 0.6 is 11.3 Å². The Labute approximate surface area is 151 Å². The van der Waals surface area contributed by atoms with Crippen molar-refractivity contribution in [2.24, 2.45) is 0 Å². The van der Waals surface area contributed by atoms with E-state index in [4.69, 9.17) is 9.97 Å². The fourth-order valence-electron chi connectivity index (χ4n) is 3.41. The monoisotopic (exact) mass is 351 g/mol. The normalized spacial score (nSPS) is 16.5. The van der Waals surface area contributed by atoms with Crippen molar-refractivity contribution >= 4 is 17.2 Å². The molecule has 0 aliphatic heterocycles. The van der Waals surface area contributed by atoms with Crippen molar-refractivity contribution in [2.45, 2.75) is 39.2 Å². The van der Waals surface area contributed by atoms with Crippen LogP contribution in [-0.2, 0) is 6.42 Å². The molecule has 0 saturated heterocycles. The molecular formula is C19H21N5S. The Morgan fingerprint density at radius 2 is 1.92 bits per heavy atom. The molecule has 25 heavy (non-hydrogen) atoms. The lowest BCUT2D eigenvalue weighted by atomic mass is 9.97. The van der Waals surface area contributed by atoms with Crippen LogP contribution in [0.5, 0.6) is 0 Å². The van der Waals surface area contributed by atoms with Gasteiger partial charge in [0.05, 0.1) is 21.6 Å². The van der Waals surface area contributed by atoms with Crippen LogP contribution in [0, 0.1) is 13.8 Å². The van der Waals surface area contributed by atoms with Gasteiger partial charge >= 0.3 is 0 Å². The van der Waals surface area contributed by atoms with Crippen LogP contribution in [0.1, 0.15) is 40.2 Å². The van der Waals surface area contributed by atoms with E-state index in [9.17, 15) is 0 Å². The molecule has 0 amide bonds. The summed E-state index contributed by atoms with van der Waals surface area (Å²) in [5.74, 6) is 1.71. The van der Waals surface area contributed by atoms with Gasteiger partial charge in [-0.1, -0.05) is 0 Å². The Morgan fingerprint density at radius 1 is 1.12 bits per heavy atom. The molecule has 0 spiro atoms. The van der Waals surface area contributed by atoms with E-state index in [-0.39, 0.29) is 0 Å². The largest absolute Gasteiger partial charge is 0.352 e. The third kappa shape index (κ3) is 3.14. The average Bonchev–Trinajstić information content (AvgIpc) is 3.01. The van der Waals surface area contributed by atoms with E-state index in [2.05, 4.69) is 34.9 Å². The molecule has 3 aromatic heterocycles. The van der Waals surface area contributed by atoms with E-state index >= 15 is 0 Å². The van der Waals surface area contributed by atoms with E-state index in [0.717, 1.165) is 40.7 Å². The topological polar surface area (TPSA) is 54.8 Å². The van der Waals surface area contributed by atoms with Gasteiger partial charge in [-0.3, -0.25) is 4.98 Å². The maximum absolute atomic E-state index is 4.83. The molecule has 0 unspecified atom stereocenters. The first-order chi connectivity index (χ1) is 12.1. The van der Waals surface area contributed by atoms with Crippen LogP contribution in [0.15, 0.2) is 30.6 Å². The number of rotatable bonds is 3. The van der Waals surface area contributed by atoms with Crippen molar-refractivity contribution in [3.63, 3.8) is 0 Å². The predicted octanol–water partition coefficient (Wildman–Crippen LogP) is 4.13. The molecule has 5 nitrogen and oxygen atoms in total. The summed E-state index contributed by atoms with van der Waals surface area (Å²) in [7, 11) is 2.13. The molecule has 0 bridgehead atoms. The van der Waals surface area contributed by atoms with Crippen LogP contribution in [0.4, 0.5) is 5.82 Å². The van der Waals surface area contributed by atoms with Gasteiger partial charge in [-0.25, -0.2) is 15.0 Å². The van der Waals surface area contributed by atoms with Crippen molar-refractivity contribution in [1.29, 1.82) is 0 Å². The first-order valence-electron chi connectivity index (χ1n) is 8.57. The third-order valence-electron chi connectivity index (χ3n) is 4.64. The second-order valence-electron chi connectivity index (χ2n) is 6.49. The molecule has 4 rings (SSSR count). The van der Waals surface area contributed by atoms with Crippen LogP contribution < -0.4 is 4.90 Å². The maximum atomic E-state index is 4.83. The maximum Gasteiger partial charge on any atom is 0.161 e. The second-order valence-corrected chi connectivity index (χ2v) is 7.72. The number of aryl methyl sites for hydroxylation is 3. The van der Waals surface area contributed by atoms with Gasteiger partial charge in [0.15, 0.2) is 5.82 Å². The van der Waals surface area contributed by atoms with Gasteiger partial charge in [0.1, 0.15) is 5.82 Å². The van der Waals surface area contributed by atoms with E-state index < -0.39 is 0 Å². The van der Waals surface area contributed by atoms with Crippen molar-refractivity contribution in [3.05, 3.63) is 51.9 Å². The number of nitrogens with zero attached hydrogens (tertiary/aromatic N) is 5. The van der Waals surface area contributed by atoms with Gasteiger partial charge in [0.2, 0.25) is 0 Å². The summed E-state index contributed by atoms with van der Waals surface area (Å²) < 4.78 is 0. The summed E-state index contributed by atoms with van der Waals surface area (Å²) in [5, 5.41) is 1.15. The number of anilines is 1. The molecule has 0 aromatic carbocycles. The number of aromatic nitrogens is 4. The van der Waals surface area contributed by atoms with Crippen molar-refractivity contribution in [1.82, 2.24) is 19.9 Å². The van der Waals surface area contributed by atoms with Crippen LogP contribution in [0.25, 0.3) is 11.4 Å². The summed E-state index contributed by atoms with van der Waals surface area (Å²) in [6.45, 7) is 4.11. The number of hydrogen-bond donors (Lipinski definition) is 0. The molecule has 0 fully saturated rings. The molecule has 3 aromatic rings. The lowest BCUT2D eigenvalue weighted by Crippen LogP contribution is -2.27. The predicted molar refractivity (Wildman–Crippen MR) is 101 cm³/mol. The number of hydrogen-bond acceptors (Lipinski definition) is 6. The third-order valence-corrected chi connectivity index (χ3v) is 5.75. The molecule has 1 aliphatic carbocycles. The van der Waals surface area contributed by atoms with Crippen molar-refractivity contribution < 1.29 is 0 Å². The summed E-state index contributed by atoms with van der Waals surface area (Å²) in [6, 6.07) is 6.30. The quantitative estimate of drug-likeness (QED) is 0.710. The number of thiazole rings is 1. The highest BCUT2D eigenvalue weighted by molar-refractivity contribution is 7.11. The summed E-state index contributed by atoms with van der Waals surface area (Å²) >= 11 is 1.82. The Morgan fingerprint density at radius 3 is 2.72 bits per heavy atom. The minimum absolute atomic E-state index is 0.342. The van der Waals surface area contributed by atoms with Crippen molar-refractivity contribution in [3.8, 4) is 11.4 Å². The lowest BCUT2D eigenvalue weighted by Gasteiger charge is -2.31. The van der Waals surface area contributed by atoms with Crippen LogP contribution in [-0.4, -0.2) is 27.0 Å². The number of pyridine rings is 1. The van der Waals surface area contributed by atoms with Gasteiger partial charge in [-0.2, -0.15) is 0 Å². The van der Waals surface area contributed by atoms with E-state index in [0.29, 0.717) is 6.04 Å². The standard InChI is InChI=1S/C19H21N5S/c1-12-11-17(23-19(21-12)14-7-9-20-10-8-14)24(3)16-6-4-5-15-18(16)25-13(2)22-15/h7-11,16H,4-6H2,1-3H3/t16-/m1/s1. The Bertz CT molecular complexity index is 890. The van der Waals surface area contributed by atoms with Crippen LogP contribution in [0.3, 0.4) is 0 Å². The highest BCUT2D eigenvalue weighted by atomic mass is 32.1. The average molecular weight is 351 g/mol. The summed E-state index contributed by atoms with van der Waals surface area (Å²) in [6.07, 6.45) is 6.95. The molecule has 1 aliphatic rings. The molecule has 0 saturated carbocycles. The van der Waals surface area contributed by atoms with Crippen LogP contribution in [0.2, 0.25) is 0 Å². The first kappa shape index (κ1) is 16.1. The fraction of sp³-hybridized carbons (Fsp3) is 0.368. The van der Waals surface area contributed by atoms with Gasteiger partial charge in [0.25, 0.3) is 0 Å². The van der Waals surface area contributed by atoms with Crippen molar-refractivity contribution in [2.75, 3.05) is 11.9 Å². The van der Waals surface area contributed by atoms with E-state index in [1.807, 2.05) is 30.4 Å². The summed E-state index contributed by atoms with van der Waals surface area (Å²) in [4.78, 5) is 21.9. The van der Waals surface area contributed by atoms with E-state index in [1.165, 1.54) is 17.0 Å². The smallest absolute Gasteiger partial charge is 0.161 e. The Balaban J connectivity index is 1.71. The van der Waals surface area contributed by atoms with E-state index in [1.54, 1.807) is 12.4 Å². The minimum Gasteiger partial charge on any atom is -0.352 e. The van der Waals surface area contributed by atoms with Gasteiger partial charge in [-0.15, -0.1) is 11.3 Å². The molecule has 0 radical (unpaired) electrons. The molecule has 0 N–H and O–H groups in total. The van der Waals surface area contributed by atoms with Gasteiger partial charge < -0.3 is 4.90 Å². The second kappa shape index (κ2) is 6.52. The summed E-state index contributed by atoms with van der Waals surface area (Å²) in [5.41, 5.74) is 3.23. The number of fused-ring (bicyclic) bond motifs is 1. The highest BCUT2D eigenvalue weighted by Gasteiger charge is 2.28. The fourth-order valence-corrected chi connectivity index (χ4v) is 4.56. The molecule has 3 heterocycles. The zero-order valence-electron chi connectivity index (χ0n) is 14.7. The molecule has 1 atom stereocenters.